The van der Waals surface area contributed by atoms with E-state index >= 15 is 0 Å². The van der Waals surface area contributed by atoms with Crippen molar-refractivity contribution in [2.75, 3.05) is 32.2 Å². The fourth-order valence-corrected chi connectivity index (χ4v) is 4.72. The number of pyridine rings is 1. The van der Waals surface area contributed by atoms with E-state index < -0.39 is 5.82 Å². The maximum atomic E-state index is 13.9. The SMILES string of the molecule is COC[C@H]1Cn2cc(-c3cc(NC4COC4)ncc3Cl)cc2C(=O)N1Cc1cc(F)ccc1CO. The van der Waals surface area contributed by atoms with Gasteiger partial charge in [-0.15, -0.1) is 0 Å². The second-order valence-corrected chi connectivity index (χ2v) is 9.22. The van der Waals surface area contributed by atoms with Gasteiger partial charge < -0.3 is 29.4 Å². The van der Waals surface area contributed by atoms with E-state index in [1.54, 1.807) is 18.2 Å². The highest BCUT2D eigenvalue weighted by Crippen LogP contribution is 2.33. The summed E-state index contributed by atoms with van der Waals surface area (Å²) in [6, 6.07) is 7.84. The Balaban J connectivity index is 1.46. The number of amides is 1. The summed E-state index contributed by atoms with van der Waals surface area (Å²) in [5.41, 5.74) is 3.21. The van der Waals surface area contributed by atoms with Crippen LogP contribution >= 0.6 is 11.6 Å². The van der Waals surface area contributed by atoms with Crippen LogP contribution in [0.1, 0.15) is 21.6 Å². The van der Waals surface area contributed by atoms with Crippen LogP contribution in [0.5, 0.6) is 0 Å². The topological polar surface area (TPSA) is 88.8 Å². The monoisotopic (exact) mass is 500 g/mol. The van der Waals surface area contributed by atoms with Crippen molar-refractivity contribution in [3.63, 3.8) is 0 Å². The molecule has 1 fully saturated rings. The van der Waals surface area contributed by atoms with Crippen LogP contribution in [0.4, 0.5) is 10.2 Å². The minimum absolute atomic E-state index is 0.161. The first-order chi connectivity index (χ1) is 17.0. The molecule has 0 spiro atoms. The Morgan fingerprint density at radius 1 is 1.29 bits per heavy atom. The Hall–Kier alpha value is -2.98. The molecule has 3 aromatic rings. The van der Waals surface area contributed by atoms with Gasteiger partial charge in [-0.05, 0) is 35.4 Å². The van der Waals surface area contributed by atoms with E-state index in [1.165, 1.54) is 18.2 Å². The summed E-state index contributed by atoms with van der Waals surface area (Å²) in [5.74, 6) is 0.0726. The molecular weight excluding hydrogens is 475 g/mol. The molecule has 35 heavy (non-hydrogen) atoms. The third kappa shape index (κ3) is 4.77. The lowest BCUT2D eigenvalue weighted by Gasteiger charge is -2.36. The average Bonchev–Trinajstić information content (AvgIpc) is 3.24. The number of rotatable bonds is 8. The van der Waals surface area contributed by atoms with Gasteiger partial charge >= 0.3 is 0 Å². The molecule has 2 aliphatic rings. The standard InChI is InChI=1S/C25H26ClFN4O4/c1-34-14-20-10-30-8-17(21-6-24(28-7-22(21)26)29-19-12-35-13-19)5-23(30)25(33)31(20)9-16-4-18(27)3-2-15(16)11-32/h2-8,19-20,32H,9-14H2,1H3,(H,28,29)/t20-/m1/s1. The first-order valence-electron chi connectivity index (χ1n) is 11.3. The van der Waals surface area contributed by atoms with Gasteiger partial charge in [-0.2, -0.15) is 0 Å². The van der Waals surface area contributed by atoms with Crippen LogP contribution in [0.15, 0.2) is 42.7 Å². The third-order valence-electron chi connectivity index (χ3n) is 6.42. The van der Waals surface area contributed by atoms with Gasteiger partial charge in [-0.1, -0.05) is 17.7 Å². The van der Waals surface area contributed by atoms with Crippen LogP contribution in [0.2, 0.25) is 5.02 Å². The zero-order valence-electron chi connectivity index (χ0n) is 19.2. The van der Waals surface area contributed by atoms with Crippen LogP contribution in [0.25, 0.3) is 11.1 Å². The molecule has 4 heterocycles. The van der Waals surface area contributed by atoms with Crippen molar-refractivity contribution in [2.24, 2.45) is 0 Å². The number of halogens is 2. The van der Waals surface area contributed by atoms with Gasteiger partial charge in [0.15, 0.2) is 0 Å². The molecule has 2 aromatic heterocycles. The molecule has 0 unspecified atom stereocenters. The number of methoxy groups -OCH3 is 1. The summed E-state index contributed by atoms with van der Waals surface area (Å²) in [6.07, 6.45) is 3.50. The fraction of sp³-hybridized carbons (Fsp3) is 0.360. The molecule has 0 aliphatic carbocycles. The number of hydrogen-bond acceptors (Lipinski definition) is 6. The molecule has 1 atom stereocenters. The van der Waals surface area contributed by atoms with Crippen molar-refractivity contribution in [2.45, 2.75) is 31.8 Å². The van der Waals surface area contributed by atoms with E-state index in [-0.39, 0.29) is 31.1 Å². The first-order valence-corrected chi connectivity index (χ1v) is 11.7. The van der Waals surface area contributed by atoms with Gasteiger partial charge in [0.25, 0.3) is 5.91 Å². The highest BCUT2D eigenvalue weighted by atomic mass is 35.5. The fourth-order valence-electron chi connectivity index (χ4n) is 4.51. The lowest BCUT2D eigenvalue weighted by atomic mass is 10.0. The minimum Gasteiger partial charge on any atom is -0.392 e. The normalized spacial score (nSPS) is 17.9. The van der Waals surface area contributed by atoms with Crippen molar-refractivity contribution in [1.29, 1.82) is 0 Å². The molecule has 5 rings (SSSR count). The van der Waals surface area contributed by atoms with Crippen LogP contribution in [0, 0.1) is 5.82 Å². The predicted octanol–water partition coefficient (Wildman–Crippen LogP) is 3.32. The number of fused-ring (bicyclic) bond motifs is 1. The Kier molecular flexibility index (Phi) is 6.75. The molecule has 1 saturated heterocycles. The zero-order chi connectivity index (χ0) is 24.5. The number of anilines is 1. The Bertz CT molecular complexity index is 1250. The molecule has 2 N–H and O–H groups in total. The van der Waals surface area contributed by atoms with Crippen LogP contribution in [0.3, 0.4) is 0 Å². The van der Waals surface area contributed by atoms with E-state index in [1.807, 2.05) is 22.9 Å². The smallest absolute Gasteiger partial charge is 0.271 e. The number of carbonyl (C=O) groups excluding carboxylic acids is 1. The van der Waals surface area contributed by atoms with E-state index in [2.05, 4.69) is 10.3 Å². The van der Waals surface area contributed by atoms with E-state index in [9.17, 15) is 14.3 Å². The number of hydrogen-bond donors (Lipinski definition) is 2. The summed E-state index contributed by atoms with van der Waals surface area (Å²) < 4.78 is 26.4. The molecule has 184 valence electrons. The maximum Gasteiger partial charge on any atom is 0.271 e. The van der Waals surface area contributed by atoms with Gasteiger partial charge in [0.1, 0.15) is 17.3 Å². The third-order valence-corrected chi connectivity index (χ3v) is 6.72. The Labute approximate surface area is 207 Å². The predicted molar refractivity (Wildman–Crippen MR) is 129 cm³/mol. The summed E-state index contributed by atoms with van der Waals surface area (Å²) in [4.78, 5) is 19.6. The number of ether oxygens (including phenoxy) is 2. The molecule has 0 bridgehead atoms. The van der Waals surface area contributed by atoms with Crippen LogP contribution in [-0.2, 0) is 29.2 Å². The van der Waals surface area contributed by atoms with Crippen molar-refractivity contribution < 1.29 is 23.8 Å². The first kappa shape index (κ1) is 23.7. The average molecular weight is 501 g/mol. The van der Waals surface area contributed by atoms with Crippen molar-refractivity contribution in [3.8, 4) is 11.1 Å². The van der Waals surface area contributed by atoms with Crippen LogP contribution in [-0.4, -0.2) is 64.5 Å². The van der Waals surface area contributed by atoms with E-state index in [4.69, 9.17) is 21.1 Å². The van der Waals surface area contributed by atoms with Crippen molar-refractivity contribution in [3.05, 3.63) is 70.4 Å². The van der Waals surface area contributed by atoms with E-state index in [0.717, 1.165) is 11.1 Å². The Morgan fingerprint density at radius 3 is 2.83 bits per heavy atom. The molecule has 1 aromatic carbocycles. The Morgan fingerprint density at radius 2 is 2.11 bits per heavy atom. The lowest BCUT2D eigenvalue weighted by Crippen LogP contribution is -2.49. The highest BCUT2D eigenvalue weighted by molar-refractivity contribution is 6.33. The minimum atomic E-state index is -0.416. The maximum absolute atomic E-state index is 13.9. The molecule has 10 heteroatoms. The number of aliphatic hydroxyl groups is 1. The second kappa shape index (κ2) is 9.94. The summed E-state index contributed by atoms with van der Waals surface area (Å²) >= 11 is 6.48. The largest absolute Gasteiger partial charge is 0.392 e. The number of aromatic nitrogens is 2. The van der Waals surface area contributed by atoms with E-state index in [0.29, 0.717) is 54.0 Å². The second-order valence-electron chi connectivity index (χ2n) is 8.81. The highest BCUT2D eigenvalue weighted by Gasteiger charge is 2.34. The molecule has 0 saturated carbocycles. The number of carbonyl (C=O) groups is 1. The number of nitrogens with zero attached hydrogens (tertiary/aromatic N) is 3. The molecule has 0 radical (unpaired) electrons. The quantitative estimate of drug-likeness (QED) is 0.493. The van der Waals surface area contributed by atoms with Gasteiger partial charge in [0, 0.05) is 43.7 Å². The molecule has 8 nitrogen and oxygen atoms in total. The van der Waals surface area contributed by atoms with Gasteiger partial charge in [-0.25, -0.2) is 9.37 Å². The number of aliphatic hydroxyl groups excluding tert-OH is 1. The van der Waals surface area contributed by atoms with Gasteiger partial charge in [0.05, 0.1) is 43.5 Å². The number of benzene rings is 1. The molecule has 2 aliphatic heterocycles. The summed E-state index contributed by atoms with van der Waals surface area (Å²) in [7, 11) is 1.58. The van der Waals surface area contributed by atoms with Crippen molar-refractivity contribution in [1.82, 2.24) is 14.5 Å². The van der Waals surface area contributed by atoms with Crippen LogP contribution < -0.4 is 5.32 Å². The number of nitrogens with one attached hydrogen (secondary N) is 1. The van der Waals surface area contributed by atoms with Gasteiger partial charge in [0.2, 0.25) is 0 Å². The lowest BCUT2D eigenvalue weighted by molar-refractivity contribution is 0.0209. The molecular formula is C25H26ClFN4O4. The zero-order valence-corrected chi connectivity index (χ0v) is 20.0. The van der Waals surface area contributed by atoms with Gasteiger partial charge in [-0.3, -0.25) is 4.79 Å². The summed E-state index contributed by atoms with van der Waals surface area (Å²) in [6.45, 7) is 2.01. The van der Waals surface area contributed by atoms with Crippen molar-refractivity contribution >= 4 is 23.3 Å². The molecule has 1 amide bonds. The summed E-state index contributed by atoms with van der Waals surface area (Å²) in [5, 5.41) is 13.5.